The highest BCUT2D eigenvalue weighted by Gasteiger charge is 2.63. The summed E-state index contributed by atoms with van der Waals surface area (Å²) in [6, 6.07) is 4.10. The fourth-order valence-electron chi connectivity index (χ4n) is 9.57. The molecule has 0 bridgehead atoms. The Labute approximate surface area is 217 Å². The molecule has 198 valence electrons. The maximum absolute atomic E-state index is 13.1. The van der Waals surface area contributed by atoms with Crippen molar-refractivity contribution in [2.45, 2.75) is 125 Å². The molecule has 2 saturated carbocycles. The smallest absolute Gasteiger partial charge is 0.339 e. The predicted molar refractivity (Wildman–Crippen MR) is 143 cm³/mol. The summed E-state index contributed by atoms with van der Waals surface area (Å²) in [5.74, 6) is 1.60. The molecule has 4 aliphatic rings. The molecule has 1 heterocycles. The standard InChI is InChI=1S/C32H46O4/c1-19(2)25-11-9-21(28(34)36-25)22-13-17-32(8)24-10-12-26-29(4,5)27(35-20(3)33)15-16-30(26,6)23(24)14-18-31(22,32)7/h9,11,19,22,26-27H,10,12-18H2,1-8H3/t22-,26+,27+,30+,31-,32-/m0/s1. The zero-order chi connectivity index (χ0) is 26.3. The summed E-state index contributed by atoms with van der Waals surface area (Å²) in [6.45, 7) is 17.8. The van der Waals surface area contributed by atoms with Gasteiger partial charge in [0.2, 0.25) is 0 Å². The van der Waals surface area contributed by atoms with E-state index in [2.05, 4.69) is 54.5 Å². The van der Waals surface area contributed by atoms with Gasteiger partial charge in [0.05, 0.1) is 0 Å². The van der Waals surface area contributed by atoms with Crippen LogP contribution in [0.25, 0.3) is 0 Å². The molecule has 1 aromatic heterocycles. The third kappa shape index (κ3) is 3.45. The largest absolute Gasteiger partial charge is 0.462 e. The fourth-order valence-corrected chi connectivity index (χ4v) is 9.57. The van der Waals surface area contributed by atoms with Crippen LogP contribution in [0.1, 0.15) is 130 Å². The van der Waals surface area contributed by atoms with Gasteiger partial charge < -0.3 is 9.15 Å². The van der Waals surface area contributed by atoms with Crippen LogP contribution >= 0.6 is 0 Å². The van der Waals surface area contributed by atoms with Crippen LogP contribution < -0.4 is 5.63 Å². The highest BCUT2D eigenvalue weighted by atomic mass is 16.5. The Morgan fingerprint density at radius 1 is 0.972 bits per heavy atom. The van der Waals surface area contributed by atoms with Crippen LogP contribution in [0.4, 0.5) is 0 Å². The second kappa shape index (κ2) is 8.33. The maximum atomic E-state index is 13.1. The number of hydrogen-bond donors (Lipinski definition) is 0. The second-order valence-corrected chi connectivity index (χ2v) is 14.0. The van der Waals surface area contributed by atoms with Gasteiger partial charge in [0, 0.05) is 23.8 Å². The van der Waals surface area contributed by atoms with Crippen LogP contribution in [0.2, 0.25) is 0 Å². The average molecular weight is 495 g/mol. The van der Waals surface area contributed by atoms with Gasteiger partial charge in [0.25, 0.3) is 0 Å². The van der Waals surface area contributed by atoms with E-state index in [1.807, 2.05) is 6.07 Å². The quantitative estimate of drug-likeness (QED) is 0.316. The molecular weight excluding hydrogens is 448 g/mol. The van der Waals surface area contributed by atoms with E-state index in [0.717, 1.165) is 62.7 Å². The summed E-state index contributed by atoms with van der Waals surface area (Å²) in [4.78, 5) is 25.0. The molecular formula is C32H46O4. The van der Waals surface area contributed by atoms with E-state index in [9.17, 15) is 9.59 Å². The van der Waals surface area contributed by atoms with Gasteiger partial charge in [0.15, 0.2) is 0 Å². The summed E-state index contributed by atoms with van der Waals surface area (Å²) < 4.78 is 11.6. The Kier molecular flexibility index (Phi) is 5.97. The number of rotatable bonds is 3. The van der Waals surface area contributed by atoms with Crippen LogP contribution in [0.15, 0.2) is 32.5 Å². The highest BCUT2D eigenvalue weighted by molar-refractivity contribution is 5.66. The first-order valence-corrected chi connectivity index (χ1v) is 14.3. The fraction of sp³-hybridized carbons (Fsp3) is 0.750. The minimum absolute atomic E-state index is 0.00330. The molecule has 0 amide bonds. The number of carbonyl (C=O) groups is 1. The molecule has 0 unspecified atom stereocenters. The van der Waals surface area contributed by atoms with E-state index >= 15 is 0 Å². The lowest BCUT2D eigenvalue weighted by molar-refractivity contribution is -0.167. The molecule has 1 aromatic rings. The number of carbonyl (C=O) groups excluding carboxylic acids is 1. The Morgan fingerprint density at radius 2 is 1.69 bits per heavy atom. The second-order valence-electron chi connectivity index (χ2n) is 14.0. The maximum Gasteiger partial charge on any atom is 0.339 e. The highest BCUT2D eigenvalue weighted by Crippen LogP contribution is 2.73. The number of esters is 1. The molecule has 4 heteroatoms. The molecule has 0 N–H and O–H groups in total. The van der Waals surface area contributed by atoms with Crippen molar-refractivity contribution < 1.29 is 13.9 Å². The van der Waals surface area contributed by atoms with E-state index in [1.165, 1.54) is 0 Å². The van der Waals surface area contributed by atoms with Gasteiger partial charge in [-0.3, -0.25) is 4.79 Å². The number of fused-ring (bicyclic) bond motifs is 4. The van der Waals surface area contributed by atoms with Crippen LogP contribution in [0.3, 0.4) is 0 Å². The summed E-state index contributed by atoms with van der Waals surface area (Å²) >= 11 is 0. The van der Waals surface area contributed by atoms with Crippen molar-refractivity contribution in [3.05, 3.63) is 45.0 Å². The summed E-state index contributed by atoms with van der Waals surface area (Å²) in [5, 5.41) is 0. The molecule has 4 aliphatic carbocycles. The normalized spacial score (nSPS) is 39.4. The van der Waals surface area contributed by atoms with Gasteiger partial charge in [-0.1, -0.05) is 59.6 Å². The number of allylic oxidation sites excluding steroid dienone is 2. The lowest BCUT2D eigenvalue weighted by Gasteiger charge is -2.62. The SMILES string of the molecule is CC(=O)O[C@@H]1CC[C@]2(C)C3=C(CC[C@@H]2C1(C)C)[C@]1(C)CC[C@@H](c2ccc(C(C)C)oc2=O)[C@]1(C)CC3. The monoisotopic (exact) mass is 494 g/mol. The van der Waals surface area contributed by atoms with E-state index in [4.69, 9.17) is 9.15 Å². The van der Waals surface area contributed by atoms with Gasteiger partial charge in [-0.15, -0.1) is 0 Å². The van der Waals surface area contributed by atoms with Crippen LogP contribution in [-0.4, -0.2) is 12.1 Å². The van der Waals surface area contributed by atoms with Crippen molar-refractivity contribution in [3.63, 3.8) is 0 Å². The number of hydrogen-bond acceptors (Lipinski definition) is 4. The molecule has 0 aromatic carbocycles. The Morgan fingerprint density at radius 3 is 2.33 bits per heavy atom. The minimum Gasteiger partial charge on any atom is -0.462 e. The van der Waals surface area contributed by atoms with Crippen molar-refractivity contribution in [1.29, 1.82) is 0 Å². The van der Waals surface area contributed by atoms with Gasteiger partial charge in [-0.05, 0) is 91.6 Å². The van der Waals surface area contributed by atoms with Gasteiger partial charge in [-0.2, -0.15) is 0 Å². The summed E-state index contributed by atoms with van der Waals surface area (Å²) in [5.41, 5.74) is 4.46. The first-order valence-electron chi connectivity index (χ1n) is 14.3. The third-order valence-corrected chi connectivity index (χ3v) is 11.8. The lowest BCUT2D eigenvalue weighted by Crippen LogP contribution is -2.55. The van der Waals surface area contributed by atoms with Gasteiger partial charge >= 0.3 is 11.6 Å². The van der Waals surface area contributed by atoms with Crippen molar-refractivity contribution in [2.24, 2.45) is 27.6 Å². The van der Waals surface area contributed by atoms with E-state index in [-0.39, 0.29) is 51.2 Å². The van der Waals surface area contributed by atoms with Crippen molar-refractivity contribution >= 4 is 5.97 Å². The molecule has 0 spiro atoms. The molecule has 6 atom stereocenters. The zero-order valence-electron chi connectivity index (χ0n) is 23.8. The Hall–Kier alpha value is -1.84. The average Bonchev–Trinajstić information content (AvgIpc) is 3.07. The molecule has 0 aliphatic heterocycles. The number of ether oxygens (including phenoxy) is 1. The van der Waals surface area contributed by atoms with Gasteiger partial charge in [0.1, 0.15) is 11.9 Å². The zero-order valence-corrected chi connectivity index (χ0v) is 23.8. The topological polar surface area (TPSA) is 56.5 Å². The molecule has 36 heavy (non-hydrogen) atoms. The van der Waals surface area contributed by atoms with Gasteiger partial charge in [-0.25, -0.2) is 4.79 Å². The van der Waals surface area contributed by atoms with E-state index < -0.39 is 0 Å². The molecule has 0 saturated heterocycles. The Bertz CT molecular complexity index is 1150. The van der Waals surface area contributed by atoms with Crippen LogP contribution in [0, 0.1) is 27.6 Å². The van der Waals surface area contributed by atoms with E-state index in [1.54, 1.807) is 18.1 Å². The third-order valence-electron chi connectivity index (χ3n) is 11.8. The summed E-state index contributed by atoms with van der Waals surface area (Å²) in [7, 11) is 0. The van der Waals surface area contributed by atoms with E-state index in [0.29, 0.717) is 5.92 Å². The van der Waals surface area contributed by atoms with Crippen molar-refractivity contribution in [3.8, 4) is 0 Å². The summed E-state index contributed by atoms with van der Waals surface area (Å²) in [6.07, 6.45) is 8.75. The molecule has 2 fully saturated rings. The lowest BCUT2D eigenvalue weighted by atomic mass is 9.43. The molecule has 5 rings (SSSR count). The predicted octanol–water partition coefficient (Wildman–Crippen LogP) is 7.91. The van der Waals surface area contributed by atoms with Crippen LogP contribution in [-0.2, 0) is 9.53 Å². The Balaban J connectivity index is 1.52. The first-order chi connectivity index (χ1) is 16.8. The van der Waals surface area contributed by atoms with Crippen LogP contribution in [0.5, 0.6) is 0 Å². The van der Waals surface area contributed by atoms with Crippen molar-refractivity contribution in [2.75, 3.05) is 0 Å². The minimum atomic E-state index is -0.156. The molecule has 4 nitrogen and oxygen atoms in total. The first kappa shape index (κ1) is 25.8. The van der Waals surface area contributed by atoms with Crippen molar-refractivity contribution in [1.82, 2.24) is 0 Å². The molecule has 0 radical (unpaired) electrons.